The van der Waals surface area contributed by atoms with Crippen LogP contribution >= 0.6 is 0 Å². The number of aliphatic hydroxyl groups is 1. The first-order chi connectivity index (χ1) is 14.0. The number of benzene rings is 2. The van der Waals surface area contributed by atoms with Crippen LogP contribution < -0.4 is 4.74 Å². The van der Waals surface area contributed by atoms with Crippen LogP contribution in [-0.2, 0) is 20.7 Å². The number of aliphatic hydroxyl groups excluding tert-OH is 1. The lowest BCUT2D eigenvalue weighted by molar-refractivity contribution is -0.140. The summed E-state index contributed by atoms with van der Waals surface area (Å²) < 4.78 is 10.8. The Hall–Kier alpha value is -3.12. The Labute approximate surface area is 169 Å². The van der Waals surface area contributed by atoms with Gasteiger partial charge in [0, 0.05) is 25.6 Å². The van der Waals surface area contributed by atoms with E-state index >= 15 is 0 Å². The van der Waals surface area contributed by atoms with Gasteiger partial charge in [-0.05, 0) is 36.2 Å². The number of hydrogen-bond donors (Lipinski definition) is 1. The highest BCUT2D eigenvalue weighted by atomic mass is 16.5. The van der Waals surface area contributed by atoms with Crippen molar-refractivity contribution in [3.8, 4) is 5.75 Å². The molecule has 0 aliphatic carbocycles. The molecule has 29 heavy (non-hydrogen) atoms. The fraction of sp³-hybridized carbons (Fsp3) is 0.304. The van der Waals surface area contributed by atoms with Crippen LogP contribution in [-0.4, -0.2) is 48.1 Å². The number of amides is 1. The normalized spacial score (nSPS) is 22.6. The molecule has 1 amide bonds. The van der Waals surface area contributed by atoms with Crippen molar-refractivity contribution in [1.82, 2.24) is 4.90 Å². The van der Waals surface area contributed by atoms with Gasteiger partial charge in [0.1, 0.15) is 17.6 Å². The average molecular weight is 393 g/mol. The minimum atomic E-state index is -0.683. The summed E-state index contributed by atoms with van der Waals surface area (Å²) >= 11 is 0. The van der Waals surface area contributed by atoms with E-state index in [1.54, 1.807) is 19.2 Å². The van der Waals surface area contributed by atoms with Gasteiger partial charge in [0.25, 0.3) is 11.7 Å². The zero-order valence-corrected chi connectivity index (χ0v) is 16.4. The number of hydrogen-bond acceptors (Lipinski definition) is 5. The molecule has 4 rings (SSSR count). The Kier molecular flexibility index (Phi) is 5.11. The Bertz CT molecular complexity index is 982. The number of ketones is 1. The van der Waals surface area contributed by atoms with E-state index in [2.05, 4.69) is 0 Å². The van der Waals surface area contributed by atoms with Gasteiger partial charge in [-0.15, -0.1) is 0 Å². The van der Waals surface area contributed by atoms with E-state index in [4.69, 9.17) is 9.47 Å². The lowest BCUT2D eigenvalue weighted by Crippen LogP contribution is -2.32. The van der Waals surface area contributed by atoms with Gasteiger partial charge in [0.2, 0.25) is 0 Å². The molecule has 2 heterocycles. The molecule has 1 N–H and O–H groups in total. The second-order valence-corrected chi connectivity index (χ2v) is 7.35. The molecular weight excluding hydrogens is 370 g/mol. The van der Waals surface area contributed by atoms with E-state index in [9.17, 15) is 14.7 Å². The van der Waals surface area contributed by atoms with Crippen LogP contribution in [0.5, 0.6) is 5.75 Å². The van der Waals surface area contributed by atoms with Gasteiger partial charge in [-0.1, -0.05) is 30.3 Å². The molecule has 0 radical (unpaired) electrons. The number of carbonyl (C=O) groups excluding carboxylic acids is 2. The zero-order chi connectivity index (χ0) is 20.5. The molecule has 0 spiro atoms. The number of carbonyl (C=O) groups is 2. The number of nitrogens with zero attached hydrogens (tertiary/aromatic N) is 1. The molecule has 0 saturated carbocycles. The van der Waals surface area contributed by atoms with Crippen molar-refractivity contribution in [3.63, 3.8) is 0 Å². The molecule has 2 unspecified atom stereocenters. The first-order valence-corrected chi connectivity index (χ1v) is 9.63. The Morgan fingerprint density at radius 2 is 1.97 bits per heavy atom. The van der Waals surface area contributed by atoms with Crippen LogP contribution in [0.25, 0.3) is 5.76 Å². The Morgan fingerprint density at radius 3 is 2.69 bits per heavy atom. The van der Waals surface area contributed by atoms with Gasteiger partial charge in [0.05, 0.1) is 18.2 Å². The Balaban J connectivity index is 1.82. The zero-order valence-electron chi connectivity index (χ0n) is 16.4. The quantitative estimate of drug-likeness (QED) is 0.480. The molecule has 2 aromatic rings. The molecule has 0 bridgehead atoms. The summed E-state index contributed by atoms with van der Waals surface area (Å²) in [4.78, 5) is 27.1. The van der Waals surface area contributed by atoms with Gasteiger partial charge in [-0.25, -0.2) is 0 Å². The first-order valence-electron chi connectivity index (χ1n) is 9.63. The summed E-state index contributed by atoms with van der Waals surface area (Å²) in [7, 11) is 1.54. The van der Waals surface area contributed by atoms with E-state index in [0.29, 0.717) is 12.2 Å². The first kappa shape index (κ1) is 19.2. The van der Waals surface area contributed by atoms with E-state index < -0.39 is 17.7 Å². The molecule has 1 saturated heterocycles. The third-order valence-electron chi connectivity index (χ3n) is 5.36. The highest BCUT2D eigenvalue weighted by molar-refractivity contribution is 6.46. The van der Waals surface area contributed by atoms with Crippen LogP contribution in [0.15, 0.2) is 54.1 Å². The maximum absolute atomic E-state index is 12.9. The summed E-state index contributed by atoms with van der Waals surface area (Å²) in [5, 5.41) is 11.1. The van der Waals surface area contributed by atoms with Crippen LogP contribution in [0, 0.1) is 0 Å². The van der Waals surface area contributed by atoms with Crippen LogP contribution in [0.2, 0.25) is 0 Å². The van der Waals surface area contributed by atoms with Crippen molar-refractivity contribution >= 4 is 17.4 Å². The topological polar surface area (TPSA) is 76.1 Å². The van der Waals surface area contributed by atoms with E-state index in [-0.39, 0.29) is 24.0 Å². The number of ether oxygens (including phenoxy) is 2. The predicted molar refractivity (Wildman–Crippen MR) is 108 cm³/mol. The second kappa shape index (κ2) is 7.72. The lowest BCUT2D eigenvalue weighted by Gasteiger charge is -2.25. The highest BCUT2D eigenvalue weighted by Gasteiger charge is 2.45. The summed E-state index contributed by atoms with van der Waals surface area (Å²) in [6.45, 7) is 2.54. The summed E-state index contributed by atoms with van der Waals surface area (Å²) in [6, 6.07) is 14.0. The fourth-order valence-electron chi connectivity index (χ4n) is 4.01. The monoisotopic (exact) mass is 393 g/mol. The molecule has 150 valence electrons. The van der Waals surface area contributed by atoms with Crippen LogP contribution in [0.1, 0.15) is 29.7 Å². The van der Waals surface area contributed by atoms with Gasteiger partial charge in [0.15, 0.2) is 0 Å². The highest BCUT2D eigenvalue weighted by Crippen LogP contribution is 2.40. The summed E-state index contributed by atoms with van der Waals surface area (Å²) in [5.41, 5.74) is 2.35. The molecule has 2 aliphatic rings. The van der Waals surface area contributed by atoms with Crippen molar-refractivity contribution in [2.24, 2.45) is 0 Å². The van der Waals surface area contributed by atoms with Gasteiger partial charge < -0.3 is 19.5 Å². The van der Waals surface area contributed by atoms with Crippen molar-refractivity contribution in [2.45, 2.75) is 25.5 Å². The maximum atomic E-state index is 12.9. The second-order valence-electron chi connectivity index (χ2n) is 7.35. The summed E-state index contributed by atoms with van der Waals surface area (Å²) in [6.07, 6.45) is 0.812. The molecule has 2 aliphatic heterocycles. The molecule has 2 aromatic carbocycles. The fourth-order valence-corrected chi connectivity index (χ4v) is 4.01. The van der Waals surface area contributed by atoms with Crippen molar-refractivity contribution in [2.75, 3.05) is 20.3 Å². The summed E-state index contributed by atoms with van der Waals surface area (Å²) in [5.74, 6) is -0.693. The number of fused-ring (bicyclic) bond motifs is 1. The third kappa shape index (κ3) is 3.40. The van der Waals surface area contributed by atoms with Crippen LogP contribution in [0.4, 0.5) is 0 Å². The maximum Gasteiger partial charge on any atom is 0.295 e. The van der Waals surface area contributed by atoms with Crippen molar-refractivity contribution < 1.29 is 24.2 Å². The molecule has 2 atom stereocenters. The van der Waals surface area contributed by atoms with Crippen molar-refractivity contribution in [3.05, 3.63) is 70.8 Å². The van der Waals surface area contributed by atoms with Crippen LogP contribution in [0.3, 0.4) is 0 Å². The molecule has 1 fully saturated rings. The minimum absolute atomic E-state index is 0.0753. The number of methoxy groups -OCH3 is 1. The predicted octanol–water partition coefficient (Wildman–Crippen LogP) is 3.08. The van der Waals surface area contributed by atoms with E-state index in [1.807, 2.05) is 43.3 Å². The average Bonchev–Trinajstić information content (AvgIpc) is 3.22. The molecule has 6 nitrogen and oxygen atoms in total. The largest absolute Gasteiger partial charge is 0.507 e. The molecular formula is C23H23NO5. The van der Waals surface area contributed by atoms with Gasteiger partial charge >= 0.3 is 0 Å². The lowest BCUT2D eigenvalue weighted by atomic mass is 9.94. The SMILES string of the molecule is COCCN1C(=O)C(=O)/C(=C(/O)c2ccc3c(c2)CC(C)O3)C1c1ccccc1. The van der Waals surface area contributed by atoms with Crippen molar-refractivity contribution in [1.29, 1.82) is 0 Å². The number of rotatable bonds is 5. The number of likely N-dealkylation sites (tertiary alicyclic amines) is 1. The molecule has 0 aromatic heterocycles. The molecule has 6 heteroatoms. The minimum Gasteiger partial charge on any atom is -0.507 e. The van der Waals surface area contributed by atoms with Gasteiger partial charge in [-0.2, -0.15) is 0 Å². The standard InChI is InChI=1S/C23H23NO5/c1-14-12-17-13-16(8-9-18(17)29-14)21(25)19-20(15-6-4-3-5-7-15)24(10-11-28-2)23(27)22(19)26/h3-9,13-14,20,25H,10-12H2,1-2H3/b21-19+. The third-order valence-corrected chi connectivity index (χ3v) is 5.36. The Morgan fingerprint density at radius 1 is 1.21 bits per heavy atom. The number of Topliss-reactive ketones (excluding diaryl/α,β-unsaturated/α-hetero) is 1. The van der Waals surface area contributed by atoms with Gasteiger partial charge in [-0.3, -0.25) is 9.59 Å². The smallest absolute Gasteiger partial charge is 0.295 e. The van der Waals surface area contributed by atoms with E-state index in [1.165, 1.54) is 4.90 Å². The van der Waals surface area contributed by atoms with E-state index in [0.717, 1.165) is 23.3 Å².